The van der Waals surface area contributed by atoms with Gasteiger partial charge < -0.3 is 15.4 Å². The van der Waals surface area contributed by atoms with Crippen molar-refractivity contribution in [1.82, 2.24) is 15.6 Å². The maximum Gasteiger partial charge on any atom is 0.412 e. The Morgan fingerprint density at radius 2 is 1.79 bits per heavy atom. The van der Waals surface area contributed by atoms with E-state index in [9.17, 15) is 4.79 Å². The van der Waals surface area contributed by atoms with Crippen LogP contribution in [0.15, 0.2) is 34.6 Å². The van der Waals surface area contributed by atoms with Gasteiger partial charge in [-0.3, -0.25) is 10.3 Å². The highest BCUT2D eigenvalue weighted by atomic mass is 32.1. The summed E-state index contributed by atoms with van der Waals surface area (Å²) in [7, 11) is 1.76. The van der Waals surface area contributed by atoms with Gasteiger partial charge in [-0.15, -0.1) is 11.3 Å². The van der Waals surface area contributed by atoms with Crippen LogP contribution in [0.5, 0.6) is 0 Å². The van der Waals surface area contributed by atoms with Gasteiger partial charge in [0.1, 0.15) is 5.60 Å². The van der Waals surface area contributed by atoms with Gasteiger partial charge in [0.25, 0.3) is 0 Å². The maximum atomic E-state index is 11.8. The zero-order valence-corrected chi connectivity index (χ0v) is 18.7. The van der Waals surface area contributed by atoms with Crippen LogP contribution in [-0.2, 0) is 17.6 Å². The van der Waals surface area contributed by atoms with Crippen molar-refractivity contribution in [1.29, 1.82) is 0 Å². The molecule has 2 rings (SSSR count). The zero-order valence-electron chi connectivity index (χ0n) is 17.8. The lowest BCUT2D eigenvalue weighted by Crippen LogP contribution is -2.39. The van der Waals surface area contributed by atoms with E-state index in [0.717, 1.165) is 42.6 Å². The number of hydrogen-bond donors (Lipinski definition) is 3. The molecule has 0 aliphatic heterocycles. The van der Waals surface area contributed by atoms with E-state index in [1.807, 2.05) is 52.0 Å². The normalized spacial score (nSPS) is 11.8. The Bertz CT molecular complexity index is 809. The highest BCUT2D eigenvalue weighted by molar-refractivity contribution is 7.09. The number of aromatic nitrogens is 1. The fourth-order valence-electron chi connectivity index (χ4n) is 2.55. The van der Waals surface area contributed by atoms with Crippen molar-refractivity contribution in [2.75, 3.05) is 25.5 Å². The number of benzene rings is 1. The van der Waals surface area contributed by atoms with E-state index in [1.54, 1.807) is 18.4 Å². The number of thiazole rings is 1. The molecule has 0 radical (unpaired) electrons. The number of guanidine groups is 1. The summed E-state index contributed by atoms with van der Waals surface area (Å²) in [5.74, 6) is 0.778. The molecule has 3 N–H and O–H groups in total. The Balaban J connectivity index is 1.69. The Labute approximate surface area is 177 Å². The third-order valence-electron chi connectivity index (χ3n) is 3.87. The molecule has 0 fully saturated rings. The molecule has 7 nitrogen and oxygen atoms in total. The average molecular weight is 418 g/mol. The van der Waals surface area contributed by atoms with Crippen molar-refractivity contribution in [3.63, 3.8) is 0 Å². The Kier molecular flexibility index (Phi) is 8.45. The van der Waals surface area contributed by atoms with Gasteiger partial charge in [0, 0.05) is 37.6 Å². The van der Waals surface area contributed by atoms with E-state index < -0.39 is 11.7 Å². The van der Waals surface area contributed by atoms with Crippen LogP contribution in [0, 0.1) is 6.92 Å². The molecule has 158 valence electrons. The van der Waals surface area contributed by atoms with Crippen molar-refractivity contribution in [3.05, 3.63) is 45.9 Å². The summed E-state index contributed by atoms with van der Waals surface area (Å²) >= 11 is 1.67. The van der Waals surface area contributed by atoms with Crippen LogP contribution in [-0.4, -0.2) is 42.8 Å². The lowest BCUT2D eigenvalue weighted by molar-refractivity contribution is 0.0636. The molecule has 0 unspecified atom stereocenters. The lowest BCUT2D eigenvalue weighted by atomic mass is 10.1. The van der Waals surface area contributed by atoms with Gasteiger partial charge >= 0.3 is 6.09 Å². The number of rotatable bonds is 7. The molecule has 0 atom stereocenters. The molecule has 0 saturated heterocycles. The van der Waals surface area contributed by atoms with Crippen LogP contribution in [0.1, 0.15) is 37.0 Å². The Hall–Kier alpha value is -2.61. The van der Waals surface area contributed by atoms with Crippen molar-refractivity contribution in [3.8, 4) is 0 Å². The summed E-state index contributed by atoms with van der Waals surface area (Å²) in [5.41, 5.74) is 2.48. The predicted octanol–water partition coefficient (Wildman–Crippen LogP) is 3.75. The fraction of sp³-hybridized carbons (Fsp3) is 0.476. The molecule has 0 saturated carbocycles. The van der Waals surface area contributed by atoms with Crippen molar-refractivity contribution in [2.24, 2.45) is 4.99 Å². The number of carbonyl (C=O) groups is 1. The molecular weight excluding hydrogens is 386 g/mol. The molecule has 0 aliphatic rings. The van der Waals surface area contributed by atoms with Gasteiger partial charge in [0.15, 0.2) is 5.96 Å². The summed E-state index contributed by atoms with van der Waals surface area (Å²) in [6, 6.07) is 7.74. The number of anilines is 1. The number of nitrogens with one attached hydrogen (secondary N) is 3. The van der Waals surface area contributed by atoms with Crippen LogP contribution >= 0.6 is 11.3 Å². The molecule has 1 heterocycles. The minimum Gasteiger partial charge on any atom is -0.444 e. The molecule has 29 heavy (non-hydrogen) atoms. The van der Waals surface area contributed by atoms with E-state index in [4.69, 9.17) is 4.74 Å². The van der Waals surface area contributed by atoms with Crippen molar-refractivity contribution in [2.45, 2.75) is 46.1 Å². The van der Waals surface area contributed by atoms with Gasteiger partial charge in [-0.25, -0.2) is 9.78 Å². The van der Waals surface area contributed by atoms with E-state index in [2.05, 4.69) is 31.3 Å². The quantitative estimate of drug-likeness (QED) is 0.472. The number of aliphatic imine (C=N–C) groups is 1. The number of carbonyl (C=O) groups excluding carboxylic acids is 1. The van der Waals surface area contributed by atoms with E-state index in [-0.39, 0.29) is 0 Å². The summed E-state index contributed by atoms with van der Waals surface area (Å²) < 4.78 is 5.25. The predicted molar refractivity (Wildman–Crippen MR) is 120 cm³/mol. The van der Waals surface area contributed by atoms with Crippen LogP contribution in [0.2, 0.25) is 0 Å². The second-order valence-electron chi connectivity index (χ2n) is 7.61. The summed E-state index contributed by atoms with van der Waals surface area (Å²) in [6.45, 7) is 9.08. The summed E-state index contributed by atoms with van der Waals surface area (Å²) in [4.78, 5) is 20.5. The molecule has 1 amide bonds. The summed E-state index contributed by atoms with van der Waals surface area (Å²) in [6.07, 6.45) is 1.27. The first kappa shape index (κ1) is 22.7. The number of ether oxygens (including phenoxy) is 1. The monoisotopic (exact) mass is 417 g/mol. The first-order valence-corrected chi connectivity index (χ1v) is 10.6. The topological polar surface area (TPSA) is 87.6 Å². The number of hydrogen-bond acceptors (Lipinski definition) is 5. The molecule has 0 bridgehead atoms. The van der Waals surface area contributed by atoms with Crippen molar-refractivity contribution < 1.29 is 9.53 Å². The standard InChI is InChI=1S/C21H31N5O2S/c1-15-25-18(14-29-15)11-13-24-19(22-5)23-12-10-16-6-8-17(9-7-16)26-20(27)28-21(2,3)4/h6-9,14H,10-13H2,1-5H3,(H,26,27)(H2,22,23,24). The average Bonchev–Trinajstić information content (AvgIpc) is 3.05. The molecule has 2 aromatic rings. The molecule has 1 aromatic carbocycles. The van der Waals surface area contributed by atoms with Gasteiger partial charge in [-0.2, -0.15) is 0 Å². The SMILES string of the molecule is CN=C(NCCc1ccc(NC(=O)OC(C)(C)C)cc1)NCCc1csc(C)n1. The Morgan fingerprint density at radius 1 is 1.14 bits per heavy atom. The largest absolute Gasteiger partial charge is 0.444 e. The third-order valence-corrected chi connectivity index (χ3v) is 4.69. The van der Waals surface area contributed by atoms with Crippen LogP contribution in [0.25, 0.3) is 0 Å². The minimum absolute atomic E-state index is 0.449. The molecule has 8 heteroatoms. The maximum absolute atomic E-state index is 11.8. The third kappa shape index (κ3) is 8.95. The smallest absolute Gasteiger partial charge is 0.412 e. The van der Waals surface area contributed by atoms with Crippen LogP contribution in [0.3, 0.4) is 0 Å². The number of aryl methyl sites for hydroxylation is 1. The highest BCUT2D eigenvalue weighted by Crippen LogP contribution is 2.13. The first-order chi connectivity index (χ1) is 13.7. The molecule has 0 aliphatic carbocycles. The number of amides is 1. The van der Waals surface area contributed by atoms with Crippen molar-refractivity contribution >= 4 is 29.1 Å². The fourth-order valence-corrected chi connectivity index (χ4v) is 3.20. The second kappa shape index (κ2) is 10.8. The van der Waals surface area contributed by atoms with E-state index in [0.29, 0.717) is 5.69 Å². The molecule has 0 spiro atoms. The minimum atomic E-state index is -0.512. The van der Waals surface area contributed by atoms with Crippen LogP contribution in [0.4, 0.5) is 10.5 Å². The highest BCUT2D eigenvalue weighted by Gasteiger charge is 2.16. The van der Waals surface area contributed by atoms with E-state index in [1.165, 1.54) is 5.56 Å². The first-order valence-electron chi connectivity index (χ1n) is 9.69. The van der Waals surface area contributed by atoms with Crippen LogP contribution < -0.4 is 16.0 Å². The van der Waals surface area contributed by atoms with Gasteiger partial charge in [0.05, 0.1) is 10.7 Å². The Morgan fingerprint density at radius 3 is 2.34 bits per heavy atom. The summed E-state index contributed by atoms with van der Waals surface area (Å²) in [5, 5.41) is 12.5. The lowest BCUT2D eigenvalue weighted by Gasteiger charge is -2.19. The van der Waals surface area contributed by atoms with Gasteiger partial charge in [0.2, 0.25) is 0 Å². The van der Waals surface area contributed by atoms with Gasteiger partial charge in [-0.1, -0.05) is 12.1 Å². The zero-order chi connectivity index (χ0) is 21.3. The molecule has 1 aromatic heterocycles. The van der Waals surface area contributed by atoms with Gasteiger partial charge in [-0.05, 0) is 51.8 Å². The number of nitrogens with zero attached hydrogens (tertiary/aromatic N) is 2. The van der Waals surface area contributed by atoms with E-state index >= 15 is 0 Å². The second-order valence-corrected chi connectivity index (χ2v) is 8.67. The molecular formula is C21H31N5O2S.